The molecule has 11 rings (SSSR count). The monoisotopic (exact) mass is 3730 g/mol. The molecule has 37 nitrogen and oxygen atoms in total. The predicted octanol–water partition coefficient (Wildman–Crippen LogP) is 13.5. The molecule has 5 aliphatic carbocycles. The highest BCUT2D eigenvalue weighted by Gasteiger charge is 2.62. The van der Waals surface area contributed by atoms with Gasteiger partial charge < -0.3 is 84.0 Å². The molecule has 60 heteroatoms. The van der Waals surface area contributed by atoms with Gasteiger partial charge in [-0.15, -0.1) is 0 Å². The van der Waals surface area contributed by atoms with Crippen LogP contribution in [-0.4, -0.2) is 217 Å². The molecular formula is C72H60F2I16N5O32S5-5. The number of hydrogen-bond acceptors (Lipinski definition) is 30. The number of carboxylic acid groups (broad SMARTS) is 2. The number of halogens is 18. The molecule has 5 fully saturated rings. The van der Waals surface area contributed by atoms with Crippen LogP contribution < -0.4 is 26.6 Å². The Balaban J connectivity index is 0.000000260. The van der Waals surface area contributed by atoms with Crippen LogP contribution in [0, 0.1) is 80.3 Å². The first kappa shape index (κ1) is 121. The first-order valence-corrected chi connectivity index (χ1v) is 61.2. The van der Waals surface area contributed by atoms with Crippen LogP contribution in [0.5, 0.6) is 11.5 Å². The molecule has 0 saturated heterocycles. The van der Waals surface area contributed by atoms with E-state index in [1.54, 1.807) is 12.1 Å². The zero-order valence-corrected chi connectivity index (χ0v) is 104. The molecule has 5 amide bonds. The fourth-order valence-corrected chi connectivity index (χ4v) is 30.7. The Bertz CT molecular complexity index is 6170. The number of esters is 3. The fraction of sp³-hybridized carbons (Fsp3) is 0.361. The van der Waals surface area contributed by atoms with Crippen LogP contribution in [0.2, 0.25) is 0 Å². The third-order valence-electron chi connectivity index (χ3n) is 19.0. The number of carboxylic acids is 2. The number of amides is 5. The molecule has 4 atom stereocenters. The minimum atomic E-state index is -6.01. The van der Waals surface area contributed by atoms with Gasteiger partial charge in [-0.3, -0.25) is 33.6 Å². The number of rotatable bonds is 28. The lowest BCUT2D eigenvalue weighted by molar-refractivity contribution is -0.179. The average molecular weight is 3740 g/mol. The number of phenolic OH excluding ortho intramolecular Hbond substituents is 2. The molecule has 6 aromatic carbocycles. The van der Waals surface area contributed by atoms with E-state index in [9.17, 15) is 142 Å². The summed E-state index contributed by atoms with van der Waals surface area (Å²) >= 11 is 31.9. The number of alkyl halides is 2. The van der Waals surface area contributed by atoms with Gasteiger partial charge in [0.15, 0.2) is 16.7 Å². The van der Waals surface area contributed by atoms with Gasteiger partial charge in [0.2, 0.25) is 0 Å². The van der Waals surface area contributed by atoms with E-state index in [0.29, 0.717) is 81.9 Å². The normalized spacial score (nSPS) is 18.0. The Morgan fingerprint density at radius 1 is 0.455 bits per heavy atom. The summed E-state index contributed by atoms with van der Waals surface area (Å²) in [5.41, 5.74) is -0.939. The summed E-state index contributed by atoms with van der Waals surface area (Å²) in [6.45, 7) is -3.41. The predicted molar refractivity (Wildman–Crippen MR) is 598 cm³/mol. The van der Waals surface area contributed by atoms with Crippen LogP contribution in [0.25, 0.3) is 0 Å². The van der Waals surface area contributed by atoms with E-state index in [1.165, 1.54) is 30.3 Å². The molecule has 5 aliphatic rings. The van der Waals surface area contributed by atoms with Crippen molar-refractivity contribution >= 4 is 477 Å². The van der Waals surface area contributed by atoms with E-state index in [1.807, 2.05) is 261 Å². The zero-order chi connectivity index (χ0) is 100. The first-order chi connectivity index (χ1) is 60.6. The summed E-state index contributed by atoms with van der Waals surface area (Å²) in [6, 6.07) is 14.0. The van der Waals surface area contributed by atoms with Crippen molar-refractivity contribution in [2.24, 2.45) is 23.2 Å². The molecular weight excluding hydrogens is 3680 g/mol. The number of benzene rings is 6. The van der Waals surface area contributed by atoms with E-state index in [-0.39, 0.29) is 93.7 Å². The molecule has 0 radical (unpaired) electrons. The summed E-state index contributed by atoms with van der Waals surface area (Å²) in [4.78, 5) is 124. The second-order valence-corrected chi connectivity index (χ2v) is 54.1. The Morgan fingerprint density at radius 2 is 0.902 bits per heavy atom. The first-order valence-electron chi connectivity index (χ1n) is 36.2. The van der Waals surface area contributed by atoms with Gasteiger partial charge in [0.05, 0.1) is 130 Å². The maximum atomic E-state index is 13.6. The van der Waals surface area contributed by atoms with E-state index in [0.717, 1.165) is 44.3 Å². The Hall–Kier alpha value is 0.710. The van der Waals surface area contributed by atoms with Crippen LogP contribution in [-0.2, 0) is 74.4 Å². The van der Waals surface area contributed by atoms with Gasteiger partial charge in [-0.1, -0.05) is 6.42 Å². The third-order valence-corrected chi connectivity index (χ3v) is 45.3. The van der Waals surface area contributed by atoms with Crippen molar-refractivity contribution in [3.8, 4) is 11.5 Å². The third kappa shape index (κ3) is 35.6. The van der Waals surface area contributed by atoms with E-state index in [4.69, 9.17) is 14.2 Å². The van der Waals surface area contributed by atoms with Crippen molar-refractivity contribution in [2.75, 3.05) is 61.2 Å². The molecule has 0 spiro atoms. The molecule has 0 heterocycles. The Labute approximate surface area is 970 Å². The molecule has 132 heavy (non-hydrogen) atoms. The van der Waals surface area contributed by atoms with Gasteiger partial charge >= 0.3 is 35.1 Å². The van der Waals surface area contributed by atoms with Crippen LogP contribution >= 0.6 is 361 Å². The lowest BCUT2D eigenvalue weighted by Gasteiger charge is -2.60. The summed E-state index contributed by atoms with van der Waals surface area (Å²) in [7, 11) is -23.6. The van der Waals surface area contributed by atoms with Crippen molar-refractivity contribution < 1.29 is 156 Å². The van der Waals surface area contributed by atoms with Gasteiger partial charge in [0, 0.05) is 76.8 Å². The van der Waals surface area contributed by atoms with E-state index < -0.39 is 169 Å². The number of anilines is 1. The van der Waals surface area contributed by atoms with Crippen molar-refractivity contribution in [3.63, 3.8) is 0 Å². The minimum absolute atomic E-state index is 0.00297. The van der Waals surface area contributed by atoms with Gasteiger partial charge in [0.1, 0.15) is 24.7 Å². The van der Waals surface area contributed by atoms with Crippen molar-refractivity contribution in [3.05, 3.63) is 156 Å². The molecule has 4 bridgehead atoms. The maximum absolute atomic E-state index is 13.6. The van der Waals surface area contributed by atoms with Crippen molar-refractivity contribution in [1.82, 2.24) is 21.3 Å². The molecule has 0 aliphatic heterocycles. The second kappa shape index (κ2) is 52.2. The maximum Gasteiger partial charge on any atom is 0.367 e. The second-order valence-electron chi connectivity index (χ2n) is 28.6. The number of aromatic carboxylic acids is 2. The van der Waals surface area contributed by atoms with Crippen LogP contribution in [0.3, 0.4) is 0 Å². The largest absolute Gasteiger partial charge is 0.748 e. The van der Waals surface area contributed by atoms with Gasteiger partial charge in [-0.2, -0.15) is 8.78 Å². The van der Waals surface area contributed by atoms with Gasteiger partial charge in [0.25, 0.3) is 29.5 Å². The molecule has 5 saturated carbocycles. The van der Waals surface area contributed by atoms with Crippen LogP contribution in [0.1, 0.15) is 147 Å². The summed E-state index contributed by atoms with van der Waals surface area (Å²) in [5, 5.41) is 47.4. The van der Waals surface area contributed by atoms with Gasteiger partial charge in [-0.25, -0.2) is 56.5 Å². The quantitative estimate of drug-likeness (QED) is 0.00550. The van der Waals surface area contributed by atoms with E-state index in [2.05, 4.69) is 140 Å². The number of nitrogens with one attached hydrogen (secondary N) is 5. The topological polar surface area (TPSA) is 625 Å². The van der Waals surface area contributed by atoms with Crippen LogP contribution in [0.15, 0.2) is 54.6 Å². The number of ether oxygens (including phenoxy) is 3. The smallest absolute Gasteiger partial charge is 0.367 e. The summed E-state index contributed by atoms with van der Waals surface area (Å²) in [6.07, 6.45) is 5.20. The number of carbonyl (C=O) groups is 10. The SMILES string of the molecule is O=C(NC1CCCC(C(=O)OCCS(=O)(=O)[O-])C1)c1cc(I)cc(I)c1I.O=C(NCCS(=O)(=O)[O-])c1c(I)cc(I)c(O)c1I.O=C(NCCS(=O)(=O)[O-])c1cc(I)cc(I)c1O.O=C(O)c1c(I)c(I)c(I)c(I)c1C(=O)NC12CC3CC(C1)CC(C(=O)OCC(F)(F)S(=O)(=O)[O-])(C3)C2.O=C(OCCS(=O)(=O)[O-])c1ccc(NC(=O)c2c(I)c(I)c(I)c(I)c2C(=O)O)cc1. The molecule has 4 unspecified atom stereocenters. The van der Waals surface area contributed by atoms with Crippen molar-refractivity contribution in [2.45, 2.75) is 81.0 Å². The summed E-state index contributed by atoms with van der Waals surface area (Å²) < 4.78 is 210. The molecule has 726 valence electrons. The highest BCUT2D eigenvalue weighted by Crippen LogP contribution is 2.62. The molecule has 0 aromatic heterocycles. The highest BCUT2D eigenvalue weighted by molar-refractivity contribution is 14.1. The standard InChI is InChI=1S/C21H19F2I4NO8S.C17H11I4NO8S.C16H18I3NO6S.C9H8I3NO5S.C9H9I2NO5S/c22-21(23,37(33,34)35)7-36-18(32)19-2-8-1-9(3-19)5-20(4-8,6-19)28-16(29)10-11(17(30)31)13(25)15(27)14(26)12(10)24;18-11-9(10(16(24)25)12(19)14(21)13(11)20)15(23)22-8-3-1-7(2-4-8)17(26)30-5-6-31(27,28)29;17-10-7-12(14(19)13(18)8-10)15(21)20-11-3-1-2-9(6-11)16(22)26-4-5-27(23,24)25;10-4-3-5(11)8(14)7(12)6(4)9(15)13-1-2-19(16,17)18;10-5-3-6(8(13)7(11)4-5)9(14)12-1-2-18(15,16)17/h8-9H,1-7H2,(H,28,29)(H,30,31)(H,33,34,35);1-4H,5-6H2,(H,22,23)(H,24,25)(H,27,28,29);7-9,11H,1-6H2,(H,20,21)(H,23,24,25);3,14H,1-2H2,(H,13,15)(H,16,17,18);3-4,13H,1-2H2,(H,12,14)(H,15,16,17)/p-5. The Kier molecular flexibility index (Phi) is 48.0. The minimum Gasteiger partial charge on any atom is -0.748 e. The van der Waals surface area contributed by atoms with Crippen molar-refractivity contribution in [1.29, 1.82) is 0 Å². The number of aromatic hydroxyl groups is 2. The zero-order valence-electron chi connectivity index (χ0n) is 65.5. The van der Waals surface area contributed by atoms with Gasteiger partial charge in [-0.05, 0) is 486 Å². The number of phenols is 2. The molecule has 6 aromatic rings. The summed E-state index contributed by atoms with van der Waals surface area (Å²) in [5.74, 6) is -10.8. The van der Waals surface area contributed by atoms with E-state index >= 15 is 0 Å². The molecule has 9 N–H and O–H groups in total. The van der Waals surface area contributed by atoms with Crippen LogP contribution in [0.4, 0.5) is 14.5 Å². The highest BCUT2D eigenvalue weighted by atomic mass is 127. The lowest BCUT2D eigenvalue weighted by Crippen LogP contribution is -2.65. The number of hydrogen-bond donors (Lipinski definition) is 9. The lowest BCUT2D eigenvalue weighted by atomic mass is 9.47. The number of carbonyl (C=O) groups excluding carboxylic acids is 8. The fourth-order valence-electron chi connectivity index (χ4n) is 13.8. The average Bonchev–Trinajstić information content (AvgIpc) is 0.711. The Morgan fingerprint density at radius 3 is 1.38 bits per heavy atom.